The van der Waals surface area contributed by atoms with Crippen LogP contribution in [0.25, 0.3) is 0 Å². The molecule has 0 aliphatic rings. The van der Waals surface area contributed by atoms with Crippen molar-refractivity contribution >= 4 is 11.9 Å². The number of unbranched alkanes of at least 4 members (excludes halogenated alkanes) is 4. The smallest absolute Gasteiger partial charge is 0.303 e. The summed E-state index contributed by atoms with van der Waals surface area (Å²) in [4.78, 5) is 21.8. The maximum atomic E-state index is 11.4. The van der Waals surface area contributed by atoms with Gasteiger partial charge in [-0.15, -0.1) is 0 Å². The van der Waals surface area contributed by atoms with Crippen molar-refractivity contribution in [2.45, 2.75) is 58.8 Å². The summed E-state index contributed by atoms with van der Waals surface area (Å²) in [5, 5.41) is 11.3. The molecule has 4 heteroatoms. The lowest BCUT2D eigenvalue weighted by Crippen LogP contribution is -2.28. The highest BCUT2D eigenvalue weighted by molar-refractivity contribution is 5.75. The van der Waals surface area contributed by atoms with Gasteiger partial charge in [0.1, 0.15) is 0 Å². The van der Waals surface area contributed by atoms with E-state index in [1.807, 2.05) is 6.92 Å². The first-order valence-corrected chi connectivity index (χ1v) is 6.54. The van der Waals surface area contributed by atoms with Crippen LogP contribution in [0.4, 0.5) is 0 Å². The standard InChI is InChI=1S/C13H25NO3/c1-3-4-5-6-7-8-12(15)14-10-11(2)9-13(16)17/h11H,3-10H2,1-2H3,(H,14,15)(H,16,17). The lowest BCUT2D eigenvalue weighted by Gasteiger charge is -2.10. The average molecular weight is 243 g/mol. The summed E-state index contributed by atoms with van der Waals surface area (Å²) in [6, 6.07) is 0. The van der Waals surface area contributed by atoms with Crippen LogP contribution < -0.4 is 5.32 Å². The van der Waals surface area contributed by atoms with Gasteiger partial charge in [0.2, 0.25) is 5.91 Å². The third-order valence-electron chi connectivity index (χ3n) is 2.68. The maximum Gasteiger partial charge on any atom is 0.303 e. The van der Waals surface area contributed by atoms with E-state index in [2.05, 4.69) is 12.2 Å². The Morgan fingerprint density at radius 3 is 2.41 bits per heavy atom. The van der Waals surface area contributed by atoms with E-state index in [4.69, 9.17) is 5.11 Å². The second-order valence-corrected chi connectivity index (χ2v) is 4.67. The number of rotatable bonds is 10. The molecular weight excluding hydrogens is 218 g/mol. The second kappa shape index (κ2) is 10.1. The molecule has 0 aliphatic carbocycles. The van der Waals surface area contributed by atoms with Gasteiger partial charge >= 0.3 is 5.97 Å². The topological polar surface area (TPSA) is 66.4 Å². The summed E-state index contributed by atoms with van der Waals surface area (Å²) in [5.74, 6) is -0.776. The average Bonchev–Trinajstić information content (AvgIpc) is 2.25. The summed E-state index contributed by atoms with van der Waals surface area (Å²) in [7, 11) is 0. The SMILES string of the molecule is CCCCCCCC(=O)NCC(C)CC(=O)O. The largest absolute Gasteiger partial charge is 0.481 e. The van der Waals surface area contributed by atoms with Gasteiger partial charge < -0.3 is 10.4 Å². The predicted octanol–water partition coefficient (Wildman–Crippen LogP) is 2.57. The molecule has 0 aromatic rings. The highest BCUT2D eigenvalue weighted by atomic mass is 16.4. The van der Waals surface area contributed by atoms with Crippen molar-refractivity contribution in [3.05, 3.63) is 0 Å². The van der Waals surface area contributed by atoms with Crippen LogP contribution in [0.1, 0.15) is 58.8 Å². The fourth-order valence-corrected chi connectivity index (χ4v) is 1.64. The molecule has 0 saturated heterocycles. The number of carbonyl (C=O) groups is 2. The fraction of sp³-hybridized carbons (Fsp3) is 0.846. The maximum absolute atomic E-state index is 11.4. The summed E-state index contributed by atoms with van der Waals surface area (Å²) in [5.41, 5.74) is 0. The molecule has 1 unspecified atom stereocenters. The molecular formula is C13H25NO3. The minimum absolute atomic E-state index is 0.00320. The number of hydrogen-bond donors (Lipinski definition) is 2. The van der Waals surface area contributed by atoms with Crippen LogP contribution in [0.5, 0.6) is 0 Å². The number of amides is 1. The molecule has 0 rings (SSSR count). The Bertz CT molecular complexity index is 229. The molecule has 0 aliphatic heterocycles. The normalized spacial score (nSPS) is 12.1. The van der Waals surface area contributed by atoms with E-state index in [-0.39, 0.29) is 18.2 Å². The molecule has 0 bridgehead atoms. The molecule has 0 spiro atoms. The number of carboxylic acid groups (broad SMARTS) is 1. The van der Waals surface area contributed by atoms with Crippen molar-refractivity contribution in [2.75, 3.05) is 6.54 Å². The van der Waals surface area contributed by atoms with Gasteiger partial charge in [-0.1, -0.05) is 39.5 Å². The first-order chi connectivity index (χ1) is 8.06. The molecule has 4 nitrogen and oxygen atoms in total. The molecule has 100 valence electrons. The molecule has 0 saturated carbocycles. The van der Waals surface area contributed by atoms with E-state index in [0.29, 0.717) is 13.0 Å². The quantitative estimate of drug-likeness (QED) is 0.579. The van der Waals surface area contributed by atoms with Crippen molar-refractivity contribution < 1.29 is 14.7 Å². The Morgan fingerprint density at radius 2 is 1.82 bits per heavy atom. The van der Waals surface area contributed by atoms with E-state index in [1.54, 1.807) is 0 Å². The lowest BCUT2D eigenvalue weighted by molar-refractivity contribution is -0.138. The number of hydrogen-bond acceptors (Lipinski definition) is 2. The molecule has 0 heterocycles. The van der Waals surface area contributed by atoms with E-state index in [1.165, 1.54) is 19.3 Å². The highest BCUT2D eigenvalue weighted by Gasteiger charge is 2.08. The third kappa shape index (κ3) is 11.2. The highest BCUT2D eigenvalue weighted by Crippen LogP contribution is 2.05. The van der Waals surface area contributed by atoms with E-state index >= 15 is 0 Å². The second-order valence-electron chi connectivity index (χ2n) is 4.67. The zero-order valence-corrected chi connectivity index (χ0v) is 11.0. The number of carbonyl (C=O) groups excluding carboxylic acids is 1. The van der Waals surface area contributed by atoms with E-state index in [0.717, 1.165) is 12.8 Å². The van der Waals surface area contributed by atoms with Gasteiger partial charge in [-0.25, -0.2) is 0 Å². The molecule has 0 aromatic heterocycles. The van der Waals surface area contributed by atoms with Crippen LogP contribution in [0.3, 0.4) is 0 Å². The summed E-state index contributed by atoms with van der Waals surface area (Å²) in [6.45, 7) is 4.45. The zero-order chi connectivity index (χ0) is 13.1. The monoisotopic (exact) mass is 243 g/mol. The van der Waals surface area contributed by atoms with Crippen LogP contribution in [-0.4, -0.2) is 23.5 Å². The van der Waals surface area contributed by atoms with Gasteiger partial charge in [-0.05, 0) is 12.3 Å². The summed E-state index contributed by atoms with van der Waals surface area (Å²) in [6.07, 6.45) is 6.33. The number of carboxylic acids is 1. The Hall–Kier alpha value is -1.06. The van der Waals surface area contributed by atoms with Crippen LogP contribution in [0.15, 0.2) is 0 Å². The third-order valence-corrected chi connectivity index (χ3v) is 2.68. The lowest BCUT2D eigenvalue weighted by atomic mass is 10.1. The van der Waals surface area contributed by atoms with Crippen LogP contribution in [0, 0.1) is 5.92 Å². The Kier molecular flexibility index (Phi) is 9.49. The number of nitrogens with one attached hydrogen (secondary N) is 1. The minimum atomic E-state index is -0.814. The molecule has 0 fully saturated rings. The summed E-state index contributed by atoms with van der Waals surface area (Å²) < 4.78 is 0. The van der Waals surface area contributed by atoms with Gasteiger partial charge in [0.15, 0.2) is 0 Å². The van der Waals surface area contributed by atoms with Crippen molar-refractivity contribution in [2.24, 2.45) is 5.92 Å². The molecule has 2 N–H and O–H groups in total. The van der Waals surface area contributed by atoms with E-state index < -0.39 is 5.97 Å². The van der Waals surface area contributed by atoms with Crippen LogP contribution >= 0.6 is 0 Å². The van der Waals surface area contributed by atoms with Gasteiger partial charge in [0, 0.05) is 19.4 Å². The molecule has 0 radical (unpaired) electrons. The van der Waals surface area contributed by atoms with Crippen molar-refractivity contribution in [3.8, 4) is 0 Å². The fourth-order valence-electron chi connectivity index (χ4n) is 1.64. The number of aliphatic carboxylic acids is 1. The molecule has 1 amide bonds. The Morgan fingerprint density at radius 1 is 1.18 bits per heavy atom. The summed E-state index contributed by atoms with van der Waals surface area (Å²) >= 11 is 0. The van der Waals surface area contributed by atoms with E-state index in [9.17, 15) is 9.59 Å². The molecule has 17 heavy (non-hydrogen) atoms. The Labute approximate surface area is 104 Å². The molecule has 0 aromatic carbocycles. The van der Waals surface area contributed by atoms with Crippen molar-refractivity contribution in [1.82, 2.24) is 5.32 Å². The van der Waals surface area contributed by atoms with Crippen molar-refractivity contribution in [3.63, 3.8) is 0 Å². The van der Waals surface area contributed by atoms with Gasteiger partial charge in [0.25, 0.3) is 0 Å². The van der Waals surface area contributed by atoms with Crippen molar-refractivity contribution in [1.29, 1.82) is 0 Å². The van der Waals surface area contributed by atoms with Crippen LogP contribution in [-0.2, 0) is 9.59 Å². The first kappa shape index (κ1) is 15.9. The van der Waals surface area contributed by atoms with Gasteiger partial charge in [0.05, 0.1) is 0 Å². The van der Waals surface area contributed by atoms with Crippen LogP contribution in [0.2, 0.25) is 0 Å². The predicted molar refractivity (Wildman–Crippen MR) is 67.8 cm³/mol. The zero-order valence-electron chi connectivity index (χ0n) is 11.0. The Balaban J connectivity index is 3.42. The first-order valence-electron chi connectivity index (χ1n) is 6.54. The van der Waals surface area contributed by atoms with Gasteiger partial charge in [-0.2, -0.15) is 0 Å². The minimum Gasteiger partial charge on any atom is -0.481 e. The molecule has 1 atom stereocenters. The van der Waals surface area contributed by atoms with Gasteiger partial charge in [-0.3, -0.25) is 9.59 Å².